The molecule has 1 saturated carbocycles. The lowest BCUT2D eigenvalue weighted by atomic mass is 10.0. The molecular formula is C15H20N2OS. The van der Waals surface area contributed by atoms with Gasteiger partial charge in [-0.15, -0.1) is 11.8 Å². The zero-order valence-corrected chi connectivity index (χ0v) is 11.9. The number of thioether (sulfide) groups is 1. The number of fused-ring (bicyclic) bond motifs is 1. The van der Waals surface area contributed by atoms with E-state index in [0.29, 0.717) is 6.42 Å². The zero-order valence-electron chi connectivity index (χ0n) is 11.1. The number of hydrogen-bond donors (Lipinski definition) is 2. The van der Waals surface area contributed by atoms with Gasteiger partial charge in [0.05, 0.1) is 0 Å². The van der Waals surface area contributed by atoms with E-state index in [1.54, 1.807) is 0 Å². The van der Waals surface area contributed by atoms with Crippen molar-refractivity contribution in [2.75, 3.05) is 16.8 Å². The van der Waals surface area contributed by atoms with Gasteiger partial charge >= 0.3 is 0 Å². The van der Waals surface area contributed by atoms with Crippen molar-refractivity contribution in [3.8, 4) is 0 Å². The van der Waals surface area contributed by atoms with Gasteiger partial charge in [0.2, 0.25) is 5.91 Å². The summed E-state index contributed by atoms with van der Waals surface area (Å²) < 4.78 is 0. The minimum atomic E-state index is 0.115. The maximum atomic E-state index is 11.4. The van der Waals surface area contributed by atoms with E-state index < -0.39 is 0 Å². The highest BCUT2D eigenvalue weighted by Crippen LogP contribution is 2.36. The summed E-state index contributed by atoms with van der Waals surface area (Å²) in [4.78, 5) is 12.6. The van der Waals surface area contributed by atoms with Gasteiger partial charge in [-0.25, -0.2) is 0 Å². The third kappa shape index (κ3) is 2.89. The molecule has 0 bridgehead atoms. The summed E-state index contributed by atoms with van der Waals surface area (Å²) in [6.07, 6.45) is 6.84. The number of nitrogens with one attached hydrogen (secondary N) is 1. The van der Waals surface area contributed by atoms with E-state index in [9.17, 15) is 4.79 Å². The average molecular weight is 276 g/mol. The maximum Gasteiger partial charge on any atom is 0.224 e. The quantitative estimate of drug-likeness (QED) is 0.657. The molecule has 1 aliphatic heterocycles. The van der Waals surface area contributed by atoms with Gasteiger partial charge in [0.25, 0.3) is 0 Å². The number of anilines is 2. The summed E-state index contributed by atoms with van der Waals surface area (Å²) in [5.41, 5.74) is 9.12. The Balaban J connectivity index is 1.73. The number of amides is 1. The van der Waals surface area contributed by atoms with Crippen LogP contribution in [0.15, 0.2) is 17.0 Å². The second kappa shape index (κ2) is 5.45. The van der Waals surface area contributed by atoms with Crippen molar-refractivity contribution < 1.29 is 4.79 Å². The molecule has 3 nitrogen and oxygen atoms in total. The van der Waals surface area contributed by atoms with E-state index in [-0.39, 0.29) is 5.91 Å². The van der Waals surface area contributed by atoms with Gasteiger partial charge in [-0.1, -0.05) is 12.8 Å². The number of nitrogen functional groups attached to an aromatic ring is 1. The highest BCUT2D eigenvalue weighted by atomic mass is 32.2. The van der Waals surface area contributed by atoms with Crippen LogP contribution in [0.25, 0.3) is 0 Å². The molecule has 0 unspecified atom stereocenters. The Morgan fingerprint density at radius 2 is 2.05 bits per heavy atom. The van der Waals surface area contributed by atoms with Gasteiger partial charge in [0, 0.05) is 28.4 Å². The fourth-order valence-electron chi connectivity index (χ4n) is 2.94. The Labute approximate surface area is 118 Å². The van der Waals surface area contributed by atoms with Crippen molar-refractivity contribution >= 4 is 29.0 Å². The topological polar surface area (TPSA) is 55.1 Å². The number of nitrogens with two attached hydrogens (primary N) is 1. The summed E-state index contributed by atoms with van der Waals surface area (Å²) >= 11 is 1.84. The summed E-state index contributed by atoms with van der Waals surface area (Å²) in [7, 11) is 0. The predicted molar refractivity (Wildman–Crippen MR) is 80.5 cm³/mol. The van der Waals surface area contributed by atoms with Crippen LogP contribution >= 0.6 is 11.8 Å². The SMILES string of the molecule is Nc1cc2c(cc1SCC1CCCC1)NC(=O)CC2. The second-order valence-electron chi connectivity index (χ2n) is 5.56. The standard InChI is InChI=1S/C15H20N2OS/c16-12-7-11-5-6-15(18)17-13(11)8-14(12)19-9-10-3-1-2-4-10/h7-8,10H,1-6,9,16H2,(H,17,18). The molecule has 0 spiro atoms. The van der Waals surface area contributed by atoms with E-state index in [1.807, 2.05) is 17.8 Å². The number of carbonyl (C=O) groups is 1. The zero-order chi connectivity index (χ0) is 13.2. The van der Waals surface area contributed by atoms with Crippen LogP contribution in [0.3, 0.4) is 0 Å². The summed E-state index contributed by atoms with van der Waals surface area (Å²) in [5, 5.41) is 2.95. The first-order valence-corrected chi connectivity index (χ1v) is 8.06. The van der Waals surface area contributed by atoms with Crippen molar-refractivity contribution in [2.24, 2.45) is 5.92 Å². The molecule has 1 aromatic rings. The summed E-state index contributed by atoms with van der Waals surface area (Å²) in [6, 6.07) is 4.09. The molecule has 1 fully saturated rings. The number of hydrogen-bond acceptors (Lipinski definition) is 3. The minimum absolute atomic E-state index is 0.115. The molecule has 3 N–H and O–H groups in total. The molecule has 102 valence electrons. The van der Waals surface area contributed by atoms with Crippen LogP contribution in [0.4, 0.5) is 11.4 Å². The lowest BCUT2D eigenvalue weighted by Gasteiger charge is -2.19. The molecule has 1 amide bonds. The predicted octanol–water partition coefficient (Wildman–Crippen LogP) is 3.44. The summed E-state index contributed by atoms with van der Waals surface area (Å²) in [5.74, 6) is 2.11. The van der Waals surface area contributed by atoms with Crippen LogP contribution in [-0.4, -0.2) is 11.7 Å². The van der Waals surface area contributed by atoms with Gasteiger partial charge < -0.3 is 11.1 Å². The van der Waals surface area contributed by atoms with Gasteiger partial charge in [-0.05, 0) is 42.9 Å². The molecule has 2 aliphatic rings. The van der Waals surface area contributed by atoms with E-state index in [4.69, 9.17) is 5.73 Å². The molecule has 19 heavy (non-hydrogen) atoms. The van der Waals surface area contributed by atoms with Gasteiger partial charge in [-0.2, -0.15) is 0 Å². The first-order chi connectivity index (χ1) is 9.22. The molecule has 0 saturated heterocycles. The molecule has 4 heteroatoms. The number of rotatable bonds is 3. The third-order valence-corrected chi connectivity index (χ3v) is 5.38. The Morgan fingerprint density at radius 1 is 1.26 bits per heavy atom. The molecular weight excluding hydrogens is 256 g/mol. The summed E-state index contributed by atoms with van der Waals surface area (Å²) in [6.45, 7) is 0. The Bertz CT molecular complexity index is 495. The van der Waals surface area contributed by atoms with E-state index in [0.717, 1.165) is 34.4 Å². The van der Waals surface area contributed by atoms with E-state index >= 15 is 0 Å². The molecule has 0 radical (unpaired) electrons. The number of carbonyl (C=O) groups excluding carboxylic acids is 1. The second-order valence-corrected chi connectivity index (χ2v) is 6.62. The van der Waals surface area contributed by atoms with Crippen molar-refractivity contribution in [2.45, 2.75) is 43.4 Å². The van der Waals surface area contributed by atoms with E-state index in [1.165, 1.54) is 31.2 Å². The number of aryl methyl sites for hydroxylation is 1. The van der Waals surface area contributed by atoms with Crippen molar-refractivity contribution in [1.82, 2.24) is 0 Å². The van der Waals surface area contributed by atoms with Crippen LogP contribution in [-0.2, 0) is 11.2 Å². The smallest absolute Gasteiger partial charge is 0.224 e. The van der Waals surface area contributed by atoms with Crippen LogP contribution in [0, 0.1) is 5.92 Å². The molecule has 1 heterocycles. The van der Waals surface area contributed by atoms with Crippen LogP contribution in [0.1, 0.15) is 37.7 Å². The molecule has 1 aromatic carbocycles. The first kappa shape index (κ1) is 12.9. The molecule has 0 atom stereocenters. The fraction of sp³-hybridized carbons (Fsp3) is 0.533. The van der Waals surface area contributed by atoms with Gasteiger partial charge in [0.1, 0.15) is 0 Å². The lowest BCUT2D eigenvalue weighted by Crippen LogP contribution is -2.19. The van der Waals surface area contributed by atoms with Crippen molar-refractivity contribution in [3.63, 3.8) is 0 Å². The monoisotopic (exact) mass is 276 g/mol. The average Bonchev–Trinajstić information content (AvgIpc) is 2.90. The first-order valence-electron chi connectivity index (χ1n) is 7.07. The largest absolute Gasteiger partial charge is 0.398 e. The minimum Gasteiger partial charge on any atom is -0.398 e. The molecule has 1 aliphatic carbocycles. The Hall–Kier alpha value is -1.16. The van der Waals surface area contributed by atoms with Crippen LogP contribution in [0.5, 0.6) is 0 Å². The highest BCUT2D eigenvalue weighted by molar-refractivity contribution is 7.99. The van der Waals surface area contributed by atoms with E-state index in [2.05, 4.69) is 11.4 Å². The molecule has 0 aromatic heterocycles. The Morgan fingerprint density at radius 3 is 2.84 bits per heavy atom. The maximum absolute atomic E-state index is 11.4. The molecule has 3 rings (SSSR count). The number of benzene rings is 1. The van der Waals surface area contributed by atoms with Crippen LogP contribution in [0.2, 0.25) is 0 Å². The highest BCUT2D eigenvalue weighted by Gasteiger charge is 2.19. The van der Waals surface area contributed by atoms with Crippen molar-refractivity contribution in [1.29, 1.82) is 0 Å². The Kier molecular flexibility index (Phi) is 3.69. The van der Waals surface area contributed by atoms with Gasteiger partial charge in [-0.3, -0.25) is 4.79 Å². The normalized spacial score (nSPS) is 19.3. The van der Waals surface area contributed by atoms with Crippen molar-refractivity contribution in [3.05, 3.63) is 17.7 Å². The fourth-order valence-corrected chi connectivity index (χ4v) is 4.11. The third-order valence-electron chi connectivity index (χ3n) is 4.08. The lowest BCUT2D eigenvalue weighted by molar-refractivity contribution is -0.116. The van der Waals surface area contributed by atoms with Gasteiger partial charge in [0.15, 0.2) is 0 Å². The van der Waals surface area contributed by atoms with Crippen LogP contribution < -0.4 is 11.1 Å².